The van der Waals surface area contributed by atoms with E-state index in [2.05, 4.69) is 20.3 Å². The van der Waals surface area contributed by atoms with Crippen molar-refractivity contribution in [3.63, 3.8) is 0 Å². The Bertz CT molecular complexity index is 1270. The second-order valence-electron chi connectivity index (χ2n) is 8.59. The number of para-hydroxylation sites is 1. The smallest absolute Gasteiger partial charge is 0.270 e. The molecule has 0 unspecified atom stereocenters. The molecule has 0 atom stereocenters. The summed E-state index contributed by atoms with van der Waals surface area (Å²) in [7, 11) is 0. The van der Waals surface area contributed by atoms with Gasteiger partial charge in [0.15, 0.2) is 0 Å². The minimum Gasteiger partial charge on any atom is -0.348 e. The zero-order chi connectivity index (χ0) is 22.6. The van der Waals surface area contributed by atoms with E-state index < -0.39 is 5.95 Å². The van der Waals surface area contributed by atoms with Crippen LogP contribution in [0.5, 0.6) is 0 Å². The molecule has 4 aromatic rings. The van der Waals surface area contributed by atoms with Crippen molar-refractivity contribution in [1.82, 2.24) is 20.3 Å². The summed E-state index contributed by atoms with van der Waals surface area (Å²) in [6.45, 7) is 0. The molecule has 1 N–H and O–H groups in total. The fourth-order valence-electron chi connectivity index (χ4n) is 4.46. The molecule has 0 bridgehead atoms. The lowest BCUT2D eigenvalue weighted by Crippen LogP contribution is -2.36. The predicted octanol–water partition coefficient (Wildman–Crippen LogP) is 5.48. The number of carbonyl (C=O) groups is 1. The van der Waals surface area contributed by atoms with Gasteiger partial charge in [-0.2, -0.15) is 4.39 Å². The third kappa shape index (κ3) is 4.90. The second kappa shape index (κ2) is 9.45. The number of nitrogens with zero attached hydrogens (tertiary/aromatic N) is 3. The zero-order valence-corrected chi connectivity index (χ0v) is 18.3. The molecule has 3 heterocycles. The molecule has 1 saturated carbocycles. The maximum atomic E-state index is 13.1. The number of halogens is 1. The molecule has 6 heteroatoms. The summed E-state index contributed by atoms with van der Waals surface area (Å²) in [4.78, 5) is 25.8. The van der Waals surface area contributed by atoms with Crippen LogP contribution in [0.25, 0.3) is 22.2 Å². The van der Waals surface area contributed by atoms with Crippen molar-refractivity contribution in [3.05, 3.63) is 89.8 Å². The molecule has 5 nitrogen and oxygen atoms in total. The Morgan fingerprint density at radius 2 is 1.82 bits per heavy atom. The van der Waals surface area contributed by atoms with Gasteiger partial charge in [0.05, 0.1) is 11.2 Å². The first kappa shape index (κ1) is 21.2. The van der Waals surface area contributed by atoms with Crippen molar-refractivity contribution in [1.29, 1.82) is 0 Å². The number of carbonyl (C=O) groups excluding carboxylic acids is 1. The number of hydrogen-bond acceptors (Lipinski definition) is 4. The molecule has 1 aromatic carbocycles. The van der Waals surface area contributed by atoms with Crippen LogP contribution in [0, 0.1) is 5.95 Å². The minimum atomic E-state index is -0.511. The quantitative estimate of drug-likeness (QED) is 0.417. The van der Waals surface area contributed by atoms with Gasteiger partial charge in [-0.1, -0.05) is 43.5 Å². The van der Waals surface area contributed by atoms with Crippen LogP contribution in [0.3, 0.4) is 0 Å². The standard InChI is InChI=1S/C27H25FN4O/c28-26-13-11-19(17-30-26)23-12-10-18(16-29-23)14-20-15-25(32-24-9-5-4-8-22(20)24)27(33)31-21-6-2-1-3-7-21/h4-5,8-13,15-17,21H,1-3,6-7,14H2,(H,31,33). The number of pyridine rings is 3. The molecule has 33 heavy (non-hydrogen) atoms. The van der Waals surface area contributed by atoms with Gasteiger partial charge in [-0.25, -0.2) is 9.97 Å². The fraction of sp³-hybridized carbons (Fsp3) is 0.259. The molecule has 0 aliphatic heterocycles. The average Bonchev–Trinajstić information content (AvgIpc) is 2.85. The highest BCUT2D eigenvalue weighted by Crippen LogP contribution is 2.24. The van der Waals surface area contributed by atoms with Gasteiger partial charge in [0.2, 0.25) is 5.95 Å². The lowest BCUT2D eigenvalue weighted by molar-refractivity contribution is 0.0923. The van der Waals surface area contributed by atoms with Crippen molar-refractivity contribution >= 4 is 16.8 Å². The van der Waals surface area contributed by atoms with E-state index in [1.165, 1.54) is 31.5 Å². The normalized spacial score (nSPS) is 14.3. The van der Waals surface area contributed by atoms with Crippen molar-refractivity contribution in [2.75, 3.05) is 0 Å². The molecule has 5 rings (SSSR count). The molecule has 1 aliphatic rings. The Hall–Kier alpha value is -3.67. The average molecular weight is 441 g/mol. The van der Waals surface area contributed by atoms with Crippen molar-refractivity contribution in [2.24, 2.45) is 0 Å². The SMILES string of the molecule is O=C(NC1CCCCC1)c1cc(Cc2ccc(-c3ccc(F)nc3)nc2)c2ccccc2n1. The summed E-state index contributed by atoms with van der Waals surface area (Å²) in [5.41, 5.74) is 4.82. The maximum Gasteiger partial charge on any atom is 0.270 e. The molecule has 1 aliphatic carbocycles. The molecular weight excluding hydrogens is 415 g/mol. The second-order valence-corrected chi connectivity index (χ2v) is 8.59. The number of aromatic nitrogens is 3. The number of rotatable bonds is 5. The van der Waals surface area contributed by atoms with Crippen LogP contribution >= 0.6 is 0 Å². The first-order valence-electron chi connectivity index (χ1n) is 11.4. The molecule has 1 amide bonds. The van der Waals surface area contributed by atoms with Crippen molar-refractivity contribution in [2.45, 2.75) is 44.6 Å². The van der Waals surface area contributed by atoms with Crippen LogP contribution in [0.1, 0.15) is 53.7 Å². The first-order valence-corrected chi connectivity index (χ1v) is 11.4. The highest BCUT2D eigenvalue weighted by molar-refractivity contribution is 5.96. The van der Waals surface area contributed by atoms with Crippen LogP contribution in [0.15, 0.2) is 67.0 Å². The van der Waals surface area contributed by atoms with Crippen LogP contribution in [-0.4, -0.2) is 26.9 Å². The summed E-state index contributed by atoms with van der Waals surface area (Å²) < 4.78 is 13.1. The Labute approximate surface area is 192 Å². The van der Waals surface area contributed by atoms with E-state index in [4.69, 9.17) is 0 Å². The number of amides is 1. The van der Waals surface area contributed by atoms with E-state index in [0.29, 0.717) is 12.1 Å². The summed E-state index contributed by atoms with van der Waals surface area (Å²) >= 11 is 0. The summed E-state index contributed by atoms with van der Waals surface area (Å²) in [5.74, 6) is -0.616. The first-order chi connectivity index (χ1) is 16.2. The van der Waals surface area contributed by atoms with Gasteiger partial charge in [0.1, 0.15) is 5.69 Å². The molecule has 166 valence electrons. The highest BCUT2D eigenvalue weighted by Gasteiger charge is 2.19. The molecule has 0 spiro atoms. The monoisotopic (exact) mass is 440 g/mol. The summed E-state index contributed by atoms with van der Waals surface area (Å²) in [6, 6.07) is 16.9. The minimum absolute atomic E-state index is 0.105. The van der Waals surface area contributed by atoms with E-state index in [1.807, 2.05) is 48.7 Å². The predicted molar refractivity (Wildman–Crippen MR) is 126 cm³/mol. The Kier molecular flexibility index (Phi) is 6.07. The number of hydrogen-bond donors (Lipinski definition) is 1. The largest absolute Gasteiger partial charge is 0.348 e. The van der Waals surface area contributed by atoms with Crippen LogP contribution in [0.4, 0.5) is 4.39 Å². The summed E-state index contributed by atoms with van der Waals surface area (Å²) in [6.07, 6.45) is 9.57. The van der Waals surface area contributed by atoms with E-state index in [-0.39, 0.29) is 11.9 Å². The number of benzene rings is 1. The van der Waals surface area contributed by atoms with E-state index in [0.717, 1.165) is 46.1 Å². The number of fused-ring (bicyclic) bond motifs is 1. The van der Waals surface area contributed by atoms with Gasteiger partial charge >= 0.3 is 0 Å². The topological polar surface area (TPSA) is 67.8 Å². The van der Waals surface area contributed by atoms with Crippen molar-refractivity contribution in [3.8, 4) is 11.3 Å². The Morgan fingerprint density at radius 3 is 2.58 bits per heavy atom. The van der Waals surface area contributed by atoms with E-state index in [9.17, 15) is 9.18 Å². The Balaban J connectivity index is 1.41. The highest BCUT2D eigenvalue weighted by atomic mass is 19.1. The third-order valence-corrected chi connectivity index (χ3v) is 6.22. The van der Waals surface area contributed by atoms with E-state index >= 15 is 0 Å². The fourth-order valence-corrected chi connectivity index (χ4v) is 4.46. The molecule has 0 saturated heterocycles. The van der Waals surface area contributed by atoms with Crippen LogP contribution in [0.2, 0.25) is 0 Å². The number of nitrogens with one attached hydrogen (secondary N) is 1. The third-order valence-electron chi connectivity index (χ3n) is 6.22. The lowest BCUT2D eigenvalue weighted by atomic mass is 9.95. The van der Waals surface area contributed by atoms with Gasteiger partial charge in [0, 0.05) is 29.4 Å². The maximum absolute atomic E-state index is 13.1. The van der Waals surface area contributed by atoms with Gasteiger partial charge < -0.3 is 5.32 Å². The van der Waals surface area contributed by atoms with Crippen molar-refractivity contribution < 1.29 is 9.18 Å². The van der Waals surface area contributed by atoms with Crippen LogP contribution < -0.4 is 5.32 Å². The van der Waals surface area contributed by atoms with Gasteiger partial charge in [-0.05, 0) is 60.7 Å². The Morgan fingerprint density at radius 1 is 0.970 bits per heavy atom. The molecule has 3 aromatic heterocycles. The van der Waals surface area contributed by atoms with Gasteiger partial charge in [0.25, 0.3) is 5.91 Å². The van der Waals surface area contributed by atoms with Crippen LogP contribution in [-0.2, 0) is 6.42 Å². The summed E-state index contributed by atoms with van der Waals surface area (Å²) in [5, 5.41) is 4.20. The molecular formula is C27H25FN4O. The van der Waals surface area contributed by atoms with Gasteiger partial charge in [-0.3, -0.25) is 9.78 Å². The molecule has 0 radical (unpaired) electrons. The zero-order valence-electron chi connectivity index (χ0n) is 18.3. The van der Waals surface area contributed by atoms with Gasteiger partial charge in [-0.15, -0.1) is 0 Å². The molecule has 1 fully saturated rings. The lowest BCUT2D eigenvalue weighted by Gasteiger charge is -2.22. The van der Waals surface area contributed by atoms with E-state index in [1.54, 1.807) is 6.07 Å².